The molecule has 0 bridgehead atoms. The molecule has 0 heterocycles. The topological polar surface area (TPSA) is 29.3 Å². The molecule has 0 amide bonds. The lowest BCUT2D eigenvalue weighted by molar-refractivity contribution is 0.321. The van der Waals surface area contributed by atoms with Crippen molar-refractivity contribution < 1.29 is 0 Å². The van der Waals surface area contributed by atoms with Crippen molar-refractivity contribution in [2.75, 3.05) is 24.7 Å². The summed E-state index contributed by atoms with van der Waals surface area (Å²) in [4.78, 5) is 3.97. The number of nitrogens with zero attached hydrogens (tertiary/aromatic N) is 1. The first kappa shape index (κ1) is 13.7. The van der Waals surface area contributed by atoms with E-state index in [1.54, 1.807) is 11.8 Å². The minimum Gasteiger partial charge on any atom is -0.389 e. The van der Waals surface area contributed by atoms with Gasteiger partial charge in [0.1, 0.15) is 4.99 Å². The molecule has 0 unspecified atom stereocenters. The van der Waals surface area contributed by atoms with Crippen LogP contribution >= 0.6 is 24.0 Å². The third-order valence-electron chi connectivity index (χ3n) is 3.64. The average Bonchev–Trinajstić information content (AvgIpc) is 2.32. The van der Waals surface area contributed by atoms with E-state index in [4.69, 9.17) is 18.0 Å². The van der Waals surface area contributed by atoms with Crippen LogP contribution in [-0.4, -0.2) is 24.8 Å². The van der Waals surface area contributed by atoms with E-state index in [0.717, 1.165) is 18.0 Å². The molecular weight excluding hydrogens is 260 g/mol. The van der Waals surface area contributed by atoms with E-state index in [2.05, 4.69) is 36.4 Å². The van der Waals surface area contributed by atoms with Crippen LogP contribution in [0.15, 0.2) is 23.1 Å². The summed E-state index contributed by atoms with van der Waals surface area (Å²) in [6.45, 7) is 1.10. The molecule has 0 aromatic heterocycles. The van der Waals surface area contributed by atoms with Crippen molar-refractivity contribution in [2.24, 2.45) is 11.7 Å². The predicted molar refractivity (Wildman–Crippen MR) is 84.7 cm³/mol. The molecule has 1 aliphatic carbocycles. The summed E-state index contributed by atoms with van der Waals surface area (Å²) in [5.74, 6) is 0.840. The first-order chi connectivity index (χ1) is 8.63. The highest BCUT2D eigenvalue weighted by atomic mass is 32.2. The van der Waals surface area contributed by atoms with Gasteiger partial charge in [0.2, 0.25) is 0 Å². The predicted octanol–water partition coefficient (Wildman–Crippen LogP) is 3.28. The molecule has 0 saturated heterocycles. The van der Waals surface area contributed by atoms with E-state index < -0.39 is 0 Å². The van der Waals surface area contributed by atoms with Gasteiger partial charge in [-0.1, -0.05) is 24.7 Å². The number of thiocarbonyl (C=S) groups is 1. The van der Waals surface area contributed by atoms with E-state index in [0.29, 0.717) is 4.99 Å². The molecular formula is C14H20N2S2. The SMILES string of the molecule is CSc1cccc(N(C)CC2CCC2)c1C(N)=S. The van der Waals surface area contributed by atoms with Crippen LogP contribution in [0.4, 0.5) is 5.69 Å². The number of thioether (sulfide) groups is 1. The number of nitrogens with two attached hydrogens (primary N) is 1. The van der Waals surface area contributed by atoms with Crippen LogP contribution in [0.1, 0.15) is 24.8 Å². The Kier molecular flexibility index (Phi) is 4.51. The van der Waals surface area contributed by atoms with Gasteiger partial charge in [0.05, 0.1) is 0 Å². The summed E-state index contributed by atoms with van der Waals surface area (Å²) >= 11 is 6.92. The number of rotatable bonds is 5. The molecule has 1 aromatic rings. The quantitative estimate of drug-likeness (QED) is 0.662. The molecule has 1 aliphatic rings. The van der Waals surface area contributed by atoms with Crippen LogP contribution in [-0.2, 0) is 0 Å². The third kappa shape index (κ3) is 2.81. The van der Waals surface area contributed by atoms with Crippen LogP contribution in [0.5, 0.6) is 0 Å². The Bertz CT molecular complexity index is 441. The first-order valence-corrected chi connectivity index (χ1v) is 7.94. The first-order valence-electron chi connectivity index (χ1n) is 6.31. The summed E-state index contributed by atoms with van der Waals surface area (Å²) in [6, 6.07) is 6.28. The fraction of sp³-hybridized carbons (Fsp3) is 0.500. The van der Waals surface area contributed by atoms with E-state index in [1.807, 2.05) is 0 Å². The monoisotopic (exact) mass is 280 g/mol. The lowest BCUT2D eigenvalue weighted by atomic mass is 9.85. The Morgan fingerprint density at radius 1 is 1.50 bits per heavy atom. The van der Waals surface area contributed by atoms with Crippen molar-refractivity contribution in [3.63, 3.8) is 0 Å². The van der Waals surface area contributed by atoms with Gasteiger partial charge >= 0.3 is 0 Å². The van der Waals surface area contributed by atoms with Crippen LogP contribution in [0, 0.1) is 5.92 Å². The molecule has 1 fully saturated rings. The molecule has 1 aromatic carbocycles. The zero-order chi connectivity index (χ0) is 13.1. The Hall–Kier alpha value is -0.740. The number of hydrogen-bond acceptors (Lipinski definition) is 3. The average molecular weight is 280 g/mol. The lowest BCUT2D eigenvalue weighted by Gasteiger charge is -2.32. The third-order valence-corrected chi connectivity index (χ3v) is 4.62. The number of hydrogen-bond donors (Lipinski definition) is 1. The molecule has 0 atom stereocenters. The highest BCUT2D eigenvalue weighted by molar-refractivity contribution is 7.98. The minimum absolute atomic E-state index is 0.496. The molecule has 0 aliphatic heterocycles. The highest BCUT2D eigenvalue weighted by Crippen LogP contribution is 2.32. The lowest BCUT2D eigenvalue weighted by Crippen LogP contribution is -2.31. The summed E-state index contributed by atoms with van der Waals surface area (Å²) in [6.07, 6.45) is 6.16. The maximum absolute atomic E-state index is 5.90. The van der Waals surface area contributed by atoms with Gasteiger partial charge in [-0.25, -0.2) is 0 Å². The Balaban J connectivity index is 2.27. The van der Waals surface area contributed by atoms with Gasteiger partial charge in [-0.05, 0) is 37.1 Å². The number of benzene rings is 1. The van der Waals surface area contributed by atoms with Gasteiger partial charge < -0.3 is 10.6 Å². The molecule has 98 valence electrons. The van der Waals surface area contributed by atoms with Gasteiger partial charge in [0.15, 0.2) is 0 Å². The number of anilines is 1. The largest absolute Gasteiger partial charge is 0.389 e. The van der Waals surface area contributed by atoms with Crippen molar-refractivity contribution in [3.05, 3.63) is 23.8 Å². The van der Waals surface area contributed by atoms with Crippen LogP contribution in [0.2, 0.25) is 0 Å². The second kappa shape index (κ2) is 5.93. The van der Waals surface area contributed by atoms with E-state index in [1.165, 1.54) is 29.8 Å². The molecule has 1 saturated carbocycles. The van der Waals surface area contributed by atoms with Crippen LogP contribution in [0.25, 0.3) is 0 Å². The second-order valence-electron chi connectivity index (χ2n) is 4.90. The highest BCUT2D eigenvalue weighted by Gasteiger charge is 2.21. The normalized spacial score (nSPS) is 15.2. The van der Waals surface area contributed by atoms with E-state index >= 15 is 0 Å². The molecule has 0 radical (unpaired) electrons. The smallest absolute Gasteiger partial charge is 0.107 e. The minimum atomic E-state index is 0.496. The molecule has 18 heavy (non-hydrogen) atoms. The zero-order valence-corrected chi connectivity index (χ0v) is 12.6. The maximum Gasteiger partial charge on any atom is 0.107 e. The maximum atomic E-state index is 5.90. The fourth-order valence-electron chi connectivity index (χ4n) is 2.42. The van der Waals surface area contributed by atoms with Gasteiger partial charge in [-0.2, -0.15) is 0 Å². The Labute approximate surface area is 119 Å². The van der Waals surface area contributed by atoms with Gasteiger partial charge in [-0.3, -0.25) is 0 Å². The molecule has 2 N–H and O–H groups in total. The van der Waals surface area contributed by atoms with Crippen molar-refractivity contribution in [1.82, 2.24) is 0 Å². The summed E-state index contributed by atoms with van der Waals surface area (Å²) < 4.78 is 0. The van der Waals surface area contributed by atoms with Crippen molar-refractivity contribution in [3.8, 4) is 0 Å². The molecule has 0 spiro atoms. The molecule has 2 nitrogen and oxygen atoms in total. The Morgan fingerprint density at radius 2 is 2.22 bits per heavy atom. The molecule has 4 heteroatoms. The van der Waals surface area contributed by atoms with Crippen molar-refractivity contribution in [1.29, 1.82) is 0 Å². The van der Waals surface area contributed by atoms with Gasteiger partial charge in [-0.15, -0.1) is 11.8 Å². The fourth-order valence-corrected chi connectivity index (χ4v) is 3.33. The van der Waals surface area contributed by atoms with Gasteiger partial charge in [0, 0.05) is 29.7 Å². The zero-order valence-electron chi connectivity index (χ0n) is 11.0. The van der Waals surface area contributed by atoms with E-state index in [9.17, 15) is 0 Å². The van der Waals surface area contributed by atoms with Crippen LogP contribution in [0.3, 0.4) is 0 Å². The van der Waals surface area contributed by atoms with Gasteiger partial charge in [0.25, 0.3) is 0 Å². The summed E-state index contributed by atoms with van der Waals surface area (Å²) in [5, 5.41) is 0. The van der Waals surface area contributed by atoms with Crippen molar-refractivity contribution >= 4 is 34.7 Å². The van der Waals surface area contributed by atoms with Crippen LogP contribution < -0.4 is 10.6 Å². The second-order valence-corrected chi connectivity index (χ2v) is 6.18. The molecule has 2 rings (SSSR count). The van der Waals surface area contributed by atoms with Crippen molar-refractivity contribution in [2.45, 2.75) is 24.2 Å². The summed E-state index contributed by atoms with van der Waals surface area (Å²) in [5.41, 5.74) is 8.09. The standard InChI is InChI=1S/C14H20N2S2/c1-16(9-10-5-3-6-10)11-7-4-8-12(18-2)13(11)14(15)17/h4,7-8,10H,3,5-6,9H2,1-2H3,(H2,15,17). The van der Waals surface area contributed by atoms with E-state index in [-0.39, 0.29) is 0 Å². The summed E-state index contributed by atoms with van der Waals surface area (Å²) in [7, 11) is 2.14. The Morgan fingerprint density at radius 3 is 2.72 bits per heavy atom.